The van der Waals surface area contributed by atoms with Crippen LogP contribution in [0.2, 0.25) is 0 Å². The maximum atomic E-state index is 11.0. The number of hydrogen-bond acceptors (Lipinski definition) is 4. The van der Waals surface area contributed by atoms with Crippen LogP contribution in [-0.2, 0) is 16.3 Å². The minimum Gasteiger partial charge on any atom is -0.493 e. The quantitative estimate of drug-likeness (QED) is 0.823. The van der Waals surface area contributed by atoms with Gasteiger partial charge >= 0.3 is 0 Å². The van der Waals surface area contributed by atoms with Crippen LogP contribution in [0.15, 0.2) is 18.2 Å². The van der Waals surface area contributed by atoms with Crippen molar-refractivity contribution in [1.29, 1.82) is 0 Å². The van der Waals surface area contributed by atoms with Gasteiger partial charge in [-0.05, 0) is 30.9 Å². The molecule has 1 unspecified atom stereocenters. The van der Waals surface area contributed by atoms with Gasteiger partial charge in [-0.3, -0.25) is 0 Å². The molecule has 5 heteroatoms. The highest BCUT2D eigenvalue weighted by atomic mass is 32.2. The number of hydrogen-bond donors (Lipinski definition) is 1. The first-order chi connectivity index (χ1) is 8.47. The first-order valence-corrected chi connectivity index (χ1v) is 8.14. The molecule has 0 radical (unpaired) electrons. The molecule has 1 atom stereocenters. The van der Waals surface area contributed by atoms with Gasteiger partial charge in [0.2, 0.25) is 0 Å². The van der Waals surface area contributed by atoms with E-state index in [0.29, 0.717) is 13.0 Å². The van der Waals surface area contributed by atoms with Crippen molar-refractivity contribution in [2.45, 2.75) is 25.4 Å². The van der Waals surface area contributed by atoms with E-state index in [2.05, 4.69) is 0 Å². The number of aliphatic hydroxyl groups excluding tert-OH is 1. The fourth-order valence-electron chi connectivity index (χ4n) is 2.24. The Bertz CT molecular complexity index is 522. The van der Waals surface area contributed by atoms with Gasteiger partial charge in [0.1, 0.15) is 15.6 Å². The highest BCUT2D eigenvalue weighted by Gasteiger charge is 2.23. The zero-order chi connectivity index (χ0) is 13.2. The minimum atomic E-state index is -2.92. The molecular weight excluding hydrogens is 252 g/mol. The van der Waals surface area contributed by atoms with E-state index in [1.807, 2.05) is 18.2 Å². The molecule has 18 heavy (non-hydrogen) atoms. The molecule has 0 amide bonds. The van der Waals surface area contributed by atoms with Crippen molar-refractivity contribution in [3.63, 3.8) is 0 Å². The molecule has 0 aromatic heterocycles. The predicted molar refractivity (Wildman–Crippen MR) is 69.5 cm³/mol. The summed E-state index contributed by atoms with van der Waals surface area (Å²) in [6.07, 6.45) is 2.88. The van der Waals surface area contributed by atoms with Crippen LogP contribution in [0, 0.1) is 0 Å². The monoisotopic (exact) mass is 270 g/mol. The Morgan fingerprint density at radius 2 is 2.22 bits per heavy atom. The zero-order valence-corrected chi connectivity index (χ0v) is 11.2. The molecule has 1 aliphatic rings. The number of aliphatic hydroxyl groups is 1. The molecule has 0 heterocycles. The van der Waals surface area contributed by atoms with Crippen LogP contribution < -0.4 is 4.74 Å². The van der Waals surface area contributed by atoms with Gasteiger partial charge in [-0.15, -0.1) is 0 Å². The Morgan fingerprint density at radius 1 is 1.44 bits per heavy atom. The molecule has 2 rings (SSSR count). The minimum absolute atomic E-state index is 0.144. The van der Waals surface area contributed by atoms with Gasteiger partial charge in [0.05, 0.1) is 18.5 Å². The van der Waals surface area contributed by atoms with Crippen LogP contribution in [0.5, 0.6) is 5.75 Å². The van der Waals surface area contributed by atoms with E-state index in [4.69, 9.17) is 4.74 Å². The van der Waals surface area contributed by atoms with Gasteiger partial charge < -0.3 is 9.84 Å². The molecule has 0 spiro atoms. The third kappa shape index (κ3) is 3.23. The maximum Gasteiger partial charge on any atom is 0.147 e. The lowest BCUT2D eigenvalue weighted by molar-refractivity contribution is 0.180. The molecule has 0 bridgehead atoms. The summed E-state index contributed by atoms with van der Waals surface area (Å²) in [5.41, 5.74) is 2.00. The summed E-state index contributed by atoms with van der Waals surface area (Å²) in [5.74, 6) is 0.919. The van der Waals surface area contributed by atoms with Crippen molar-refractivity contribution < 1.29 is 18.3 Å². The second-order valence-corrected chi connectivity index (χ2v) is 6.97. The van der Waals surface area contributed by atoms with E-state index in [0.717, 1.165) is 29.7 Å². The Kier molecular flexibility index (Phi) is 3.92. The van der Waals surface area contributed by atoms with Crippen molar-refractivity contribution in [3.8, 4) is 5.75 Å². The topological polar surface area (TPSA) is 63.6 Å². The van der Waals surface area contributed by atoms with E-state index < -0.39 is 9.84 Å². The Morgan fingerprint density at radius 3 is 2.94 bits per heavy atom. The molecule has 100 valence electrons. The molecule has 1 aliphatic carbocycles. The van der Waals surface area contributed by atoms with Crippen molar-refractivity contribution in [1.82, 2.24) is 0 Å². The molecule has 1 aromatic rings. The summed E-state index contributed by atoms with van der Waals surface area (Å²) in [6, 6.07) is 5.65. The molecule has 0 saturated heterocycles. The van der Waals surface area contributed by atoms with Crippen LogP contribution in [0.3, 0.4) is 0 Å². The average Bonchev–Trinajstić information content (AvgIpc) is 2.67. The average molecular weight is 270 g/mol. The largest absolute Gasteiger partial charge is 0.493 e. The van der Waals surface area contributed by atoms with E-state index >= 15 is 0 Å². The van der Waals surface area contributed by atoms with Crippen molar-refractivity contribution in [2.24, 2.45) is 0 Å². The highest BCUT2D eigenvalue weighted by molar-refractivity contribution is 7.90. The van der Waals surface area contributed by atoms with Crippen molar-refractivity contribution in [2.75, 3.05) is 18.6 Å². The summed E-state index contributed by atoms with van der Waals surface area (Å²) in [7, 11) is -2.92. The van der Waals surface area contributed by atoms with Gasteiger partial charge in [0.25, 0.3) is 0 Å². The second kappa shape index (κ2) is 5.28. The second-order valence-electron chi connectivity index (χ2n) is 4.71. The third-order valence-corrected chi connectivity index (χ3v) is 4.14. The first kappa shape index (κ1) is 13.4. The molecule has 0 aliphatic heterocycles. The van der Waals surface area contributed by atoms with Gasteiger partial charge in [-0.25, -0.2) is 8.42 Å². The first-order valence-electron chi connectivity index (χ1n) is 6.08. The normalized spacial score (nSPS) is 18.7. The molecular formula is C13H18O4S. The smallest absolute Gasteiger partial charge is 0.147 e. The lowest BCUT2D eigenvalue weighted by Gasteiger charge is -2.11. The SMILES string of the molecule is CS(=O)(=O)CCCOc1cccc2c1CCC2O. The molecule has 1 aromatic carbocycles. The predicted octanol–water partition coefficient (Wildman–Crippen LogP) is 1.48. The van der Waals surface area contributed by atoms with Crippen molar-refractivity contribution in [3.05, 3.63) is 29.3 Å². The van der Waals surface area contributed by atoms with E-state index in [1.165, 1.54) is 6.26 Å². The van der Waals surface area contributed by atoms with Crippen LogP contribution in [-0.4, -0.2) is 32.1 Å². The summed E-state index contributed by atoms with van der Waals surface area (Å²) >= 11 is 0. The number of benzene rings is 1. The number of rotatable bonds is 5. The van der Waals surface area contributed by atoms with Gasteiger partial charge in [-0.2, -0.15) is 0 Å². The summed E-state index contributed by atoms with van der Waals surface area (Å²) < 4.78 is 27.6. The maximum absolute atomic E-state index is 11.0. The third-order valence-electron chi connectivity index (χ3n) is 3.11. The molecule has 0 saturated carbocycles. The Balaban J connectivity index is 1.95. The van der Waals surface area contributed by atoms with Crippen LogP contribution in [0.25, 0.3) is 0 Å². The summed E-state index contributed by atoms with van der Waals surface area (Å²) in [4.78, 5) is 0. The fourth-order valence-corrected chi connectivity index (χ4v) is 2.88. The molecule has 4 nitrogen and oxygen atoms in total. The fraction of sp³-hybridized carbons (Fsp3) is 0.538. The Hall–Kier alpha value is -1.07. The summed E-state index contributed by atoms with van der Waals surface area (Å²) in [5, 5.41) is 9.75. The van der Waals surface area contributed by atoms with Gasteiger partial charge in [0.15, 0.2) is 0 Å². The molecule has 1 N–H and O–H groups in total. The lowest BCUT2D eigenvalue weighted by Crippen LogP contribution is -2.08. The number of ether oxygens (including phenoxy) is 1. The lowest BCUT2D eigenvalue weighted by atomic mass is 10.1. The number of fused-ring (bicyclic) bond motifs is 1. The Labute approximate surface area is 108 Å². The van der Waals surface area contributed by atoms with Crippen molar-refractivity contribution >= 4 is 9.84 Å². The van der Waals surface area contributed by atoms with E-state index in [9.17, 15) is 13.5 Å². The van der Waals surface area contributed by atoms with E-state index in [1.54, 1.807) is 0 Å². The molecule has 0 fully saturated rings. The van der Waals surface area contributed by atoms with Crippen LogP contribution >= 0.6 is 0 Å². The van der Waals surface area contributed by atoms with E-state index in [-0.39, 0.29) is 11.9 Å². The standard InChI is InChI=1S/C13H18O4S/c1-18(15,16)9-3-8-17-13-5-2-4-10-11(13)6-7-12(10)14/h2,4-5,12,14H,3,6-9H2,1H3. The van der Waals surface area contributed by atoms with Gasteiger partial charge in [-0.1, -0.05) is 12.1 Å². The van der Waals surface area contributed by atoms with Gasteiger partial charge in [0, 0.05) is 11.8 Å². The van der Waals surface area contributed by atoms with Crippen LogP contribution in [0.1, 0.15) is 30.1 Å². The number of sulfone groups is 1. The highest BCUT2D eigenvalue weighted by Crippen LogP contribution is 2.36. The summed E-state index contributed by atoms with van der Waals surface area (Å²) in [6.45, 7) is 0.389. The zero-order valence-electron chi connectivity index (χ0n) is 10.4. The van der Waals surface area contributed by atoms with Crippen LogP contribution in [0.4, 0.5) is 0 Å².